The topological polar surface area (TPSA) is 93.7 Å². The second-order valence-corrected chi connectivity index (χ2v) is 6.78. The summed E-state index contributed by atoms with van der Waals surface area (Å²) in [5.41, 5.74) is 3.43. The number of nitrogens with one attached hydrogen (secondary N) is 2. The molecule has 0 aliphatic rings. The summed E-state index contributed by atoms with van der Waals surface area (Å²) < 4.78 is 34.6. The quantitative estimate of drug-likeness (QED) is 0.697. The van der Waals surface area contributed by atoms with Crippen molar-refractivity contribution < 1.29 is 22.7 Å². The van der Waals surface area contributed by atoms with E-state index < -0.39 is 15.9 Å². The van der Waals surface area contributed by atoms with Gasteiger partial charge in [-0.1, -0.05) is 12.1 Å². The van der Waals surface area contributed by atoms with Gasteiger partial charge in [0.05, 0.1) is 18.1 Å². The van der Waals surface area contributed by atoms with Crippen LogP contribution in [-0.4, -0.2) is 28.0 Å². The number of amides is 1. The van der Waals surface area contributed by atoms with Crippen LogP contribution in [0.4, 0.5) is 0 Å². The lowest BCUT2D eigenvalue weighted by Crippen LogP contribution is -2.41. The maximum absolute atomic E-state index is 12.2. The lowest BCUT2D eigenvalue weighted by molar-refractivity contribution is 0.0945. The van der Waals surface area contributed by atoms with Gasteiger partial charge >= 0.3 is 0 Å². The zero-order chi connectivity index (χ0) is 18.3. The van der Waals surface area contributed by atoms with Crippen LogP contribution in [0.3, 0.4) is 0 Å². The van der Waals surface area contributed by atoms with Crippen LogP contribution in [0, 0.1) is 0 Å². The summed E-state index contributed by atoms with van der Waals surface area (Å²) in [4.78, 5) is 14.1. The van der Waals surface area contributed by atoms with Crippen LogP contribution in [0.1, 0.15) is 22.8 Å². The van der Waals surface area contributed by atoms with Crippen molar-refractivity contribution in [2.75, 3.05) is 13.7 Å². The van der Waals surface area contributed by atoms with Crippen molar-refractivity contribution >= 4 is 15.9 Å². The minimum atomic E-state index is -3.87. The third kappa shape index (κ3) is 5.28. The van der Waals surface area contributed by atoms with Crippen LogP contribution in [-0.2, 0) is 21.4 Å². The van der Waals surface area contributed by atoms with Crippen LogP contribution in [0.15, 0.2) is 53.4 Å². The highest BCUT2D eigenvalue weighted by Gasteiger charge is 2.15. The van der Waals surface area contributed by atoms with Crippen LogP contribution >= 0.6 is 0 Å². The Morgan fingerprint density at radius 3 is 2.24 bits per heavy atom. The molecule has 8 heteroatoms. The Labute approximate surface area is 147 Å². The molecule has 0 fully saturated rings. The highest BCUT2D eigenvalue weighted by molar-refractivity contribution is 7.89. The van der Waals surface area contributed by atoms with E-state index in [0.717, 1.165) is 5.56 Å². The summed E-state index contributed by atoms with van der Waals surface area (Å²) in [7, 11) is -2.29. The van der Waals surface area contributed by atoms with Crippen LogP contribution < -0.4 is 15.0 Å². The fourth-order valence-electron chi connectivity index (χ4n) is 2.05. The van der Waals surface area contributed by atoms with Crippen molar-refractivity contribution in [1.82, 2.24) is 10.3 Å². The monoisotopic (exact) mass is 364 g/mol. The Balaban J connectivity index is 1.99. The number of rotatable bonds is 8. The van der Waals surface area contributed by atoms with E-state index in [9.17, 15) is 13.2 Å². The molecule has 7 nitrogen and oxygen atoms in total. The van der Waals surface area contributed by atoms with E-state index in [1.54, 1.807) is 43.5 Å². The van der Waals surface area contributed by atoms with Crippen molar-refractivity contribution in [3.63, 3.8) is 0 Å². The minimum Gasteiger partial charge on any atom is -0.494 e. The Bertz CT molecular complexity index is 802. The normalized spacial score (nSPS) is 11.1. The Morgan fingerprint density at radius 2 is 1.68 bits per heavy atom. The Hall–Kier alpha value is -2.42. The summed E-state index contributed by atoms with van der Waals surface area (Å²) in [6.07, 6.45) is 0. The number of carbonyl (C=O) groups excluding carboxylic acids is 1. The first kappa shape index (κ1) is 18.9. The fourth-order valence-corrected chi connectivity index (χ4v) is 2.88. The van der Waals surface area contributed by atoms with Gasteiger partial charge in [0.2, 0.25) is 0 Å². The lowest BCUT2D eigenvalue weighted by Gasteiger charge is -2.10. The van der Waals surface area contributed by atoms with E-state index in [1.807, 2.05) is 6.92 Å². The molecule has 0 saturated heterocycles. The highest BCUT2D eigenvalue weighted by atomic mass is 32.2. The first-order chi connectivity index (χ1) is 12.0. The average Bonchev–Trinajstić information content (AvgIpc) is 2.61. The lowest BCUT2D eigenvalue weighted by atomic mass is 10.1. The molecule has 0 atom stereocenters. The molecule has 2 rings (SSSR count). The third-order valence-corrected chi connectivity index (χ3v) is 4.53. The van der Waals surface area contributed by atoms with Gasteiger partial charge in [0, 0.05) is 12.7 Å². The van der Waals surface area contributed by atoms with Crippen molar-refractivity contribution in [2.45, 2.75) is 18.4 Å². The number of benzene rings is 2. The maximum atomic E-state index is 12.2. The predicted molar refractivity (Wildman–Crippen MR) is 92.6 cm³/mol. The molecule has 0 unspecified atom stereocenters. The van der Waals surface area contributed by atoms with Crippen LogP contribution in [0.5, 0.6) is 5.75 Å². The summed E-state index contributed by atoms with van der Waals surface area (Å²) in [5, 5.41) is 0. The molecule has 25 heavy (non-hydrogen) atoms. The van der Waals surface area contributed by atoms with Crippen LogP contribution in [0.2, 0.25) is 0 Å². The highest BCUT2D eigenvalue weighted by Crippen LogP contribution is 2.15. The maximum Gasteiger partial charge on any atom is 0.266 e. The molecule has 0 aliphatic carbocycles. The first-order valence-electron chi connectivity index (χ1n) is 7.59. The van der Waals surface area contributed by atoms with Gasteiger partial charge in [-0.2, -0.15) is 0 Å². The number of sulfonamides is 1. The third-order valence-electron chi connectivity index (χ3n) is 3.27. The van der Waals surface area contributed by atoms with Gasteiger partial charge in [0.25, 0.3) is 15.9 Å². The van der Waals surface area contributed by atoms with Gasteiger partial charge in [-0.3, -0.25) is 10.2 Å². The molecule has 2 N–H and O–H groups in total. The Morgan fingerprint density at radius 1 is 1.04 bits per heavy atom. The van der Waals surface area contributed by atoms with Gasteiger partial charge in [-0.05, 0) is 48.9 Å². The smallest absolute Gasteiger partial charge is 0.266 e. The Kier molecular flexibility index (Phi) is 6.51. The predicted octanol–water partition coefficient (Wildman–Crippen LogP) is 1.85. The summed E-state index contributed by atoms with van der Waals surface area (Å²) in [5.74, 6) is 0.0140. The largest absolute Gasteiger partial charge is 0.494 e. The molecule has 2 aromatic carbocycles. The zero-order valence-corrected chi connectivity index (χ0v) is 14.8. The molecule has 0 spiro atoms. The minimum absolute atomic E-state index is 0.0201. The molecule has 0 saturated carbocycles. The van der Waals surface area contributed by atoms with Gasteiger partial charge in [0.1, 0.15) is 5.75 Å². The number of hydrogen-bond acceptors (Lipinski definition) is 5. The van der Waals surface area contributed by atoms with E-state index in [1.165, 1.54) is 12.1 Å². The van der Waals surface area contributed by atoms with E-state index >= 15 is 0 Å². The molecule has 0 heterocycles. The zero-order valence-electron chi connectivity index (χ0n) is 14.0. The number of hydrogen-bond donors (Lipinski definition) is 2. The molecule has 0 bridgehead atoms. The standard InChI is InChI=1S/C17H20N2O5S/c1-3-24-15-8-10-16(11-9-15)25(21,22)19-18-17(20)14-6-4-13(5-7-14)12-23-2/h4-11,19H,3,12H2,1-2H3,(H,18,20). The summed E-state index contributed by atoms with van der Waals surface area (Å²) in [6.45, 7) is 2.76. The molecule has 2 aromatic rings. The molecule has 134 valence electrons. The van der Waals surface area contributed by atoms with E-state index in [2.05, 4.69) is 10.3 Å². The number of hydrazine groups is 1. The van der Waals surface area contributed by atoms with Gasteiger partial charge in [-0.15, -0.1) is 4.83 Å². The SMILES string of the molecule is CCOc1ccc(S(=O)(=O)NNC(=O)c2ccc(COC)cc2)cc1. The molecule has 0 aliphatic heterocycles. The molecule has 0 aromatic heterocycles. The van der Waals surface area contributed by atoms with Gasteiger partial charge in [-0.25, -0.2) is 8.42 Å². The fraction of sp³-hybridized carbons (Fsp3) is 0.235. The summed E-state index contributed by atoms with van der Waals surface area (Å²) in [6, 6.07) is 12.6. The van der Waals surface area contributed by atoms with Crippen LogP contribution in [0.25, 0.3) is 0 Å². The van der Waals surface area contributed by atoms with Crippen molar-refractivity contribution in [1.29, 1.82) is 0 Å². The second kappa shape index (κ2) is 8.61. The molecule has 1 amide bonds. The summed E-state index contributed by atoms with van der Waals surface area (Å²) >= 11 is 0. The van der Waals surface area contributed by atoms with Gasteiger partial charge < -0.3 is 9.47 Å². The first-order valence-corrected chi connectivity index (χ1v) is 9.07. The van der Waals surface area contributed by atoms with E-state index in [0.29, 0.717) is 24.5 Å². The number of carbonyl (C=O) groups is 1. The molecular weight excluding hydrogens is 344 g/mol. The molecule has 0 radical (unpaired) electrons. The second-order valence-electron chi connectivity index (χ2n) is 5.09. The van der Waals surface area contributed by atoms with E-state index in [4.69, 9.17) is 9.47 Å². The number of methoxy groups -OCH3 is 1. The van der Waals surface area contributed by atoms with Crippen molar-refractivity contribution in [3.8, 4) is 5.75 Å². The van der Waals surface area contributed by atoms with Crippen molar-refractivity contribution in [3.05, 3.63) is 59.7 Å². The molecular formula is C17H20N2O5S. The van der Waals surface area contributed by atoms with E-state index in [-0.39, 0.29) is 4.90 Å². The average molecular weight is 364 g/mol. The van der Waals surface area contributed by atoms with Gasteiger partial charge in [0.15, 0.2) is 0 Å². The number of ether oxygens (including phenoxy) is 2. The van der Waals surface area contributed by atoms with Crippen molar-refractivity contribution in [2.24, 2.45) is 0 Å².